The van der Waals surface area contributed by atoms with E-state index in [9.17, 15) is 9.59 Å². The summed E-state index contributed by atoms with van der Waals surface area (Å²) in [4.78, 5) is 23.1. The van der Waals surface area contributed by atoms with Crippen LogP contribution in [0, 0.1) is 0 Å². The number of nitrogens with two attached hydrogens (primary N) is 1. The molecule has 0 radical (unpaired) electrons. The van der Waals surface area contributed by atoms with Gasteiger partial charge in [-0.1, -0.05) is 39.7 Å². The van der Waals surface area contributed by atoms with E-state index < -0.39 is 5.91 Å². The predicted octanol–water partition coefficient (Wildman–Crippen LogP) is 4.55. The van der Waals surface area contributed by atoms with Gasteiger partial charge in [0.1, 0.15) is 0 Å². The maximum absolute atomic E-state index is 11.9. The van der Waals surface area contributed by atoms with Crippen LogP contribution in [0.25, 0.3) is 0 Å². The van der Waals surface area contributed by atoms with Crippen LogP contribution in [0.2, 0.25) is 5.02 Å². The molecule has 0 unspecified atom stereocenters. The maximum atomic E-state index is 11.9. The first-order valence-corrected chi connectivity index (χ1v) is 8.76. The van der Waals surface area contributed by atoms with Gasteiger partial charge >= 0.3 is 0 Å². The molecule has 0 spiro atoms. The van der Waals surface area contributed by atoms with Crippen molar-refractivity contribution in [1.29, 1.82) is 0 Å². The summed E-state index contributed by atoms with van der Waals surface area (Å²) in [5.74, 6) is -0.667. The molecule has 0 aromatic heterocycles. The smallest absolute Gasteiger partial charge is 0.250 e. The van der Waals surface area contributed by atoms with Gasteiger partial charge in [0.15, 0.2) is 0 Å². The number of hydrogen-bond donors (Lipinski definition) is 2. The topological polar surface area (TPSA) is 72.2 Å². The summed E-state index contributed by atoms with van der Waals surface area (Å²) >= 11 is 9.37. The Morgan fingerprint density at radius 2 is 1.79 bits per heavy atom. The lowest BCUT2D eigenvalue weighted by Crippen LogP contribution is -2.13. The molecule has 2 aromatic carbocycles. The predicted molar refractivity (Wildman–Crippen MR) is 100 cm³/mol. The number of anilines is 1. The third kappa shape index (κ3) is 5.65. The van der Waals surface area contributed by atoms with E-state index in [2.05, 4.69) is 33.4 Å². The summed E-state index contributed by atoms with van der Waals surface area (Å²) < 4.78 is 1.06. The van der Waals surface area contributed by atoms with Gasteiger partial charge in [0.2, 0.25) is 11.8 Å². The highest BCUT2D eigenvalue weighted by molar-refractivity contribution is 9.10. The van der Waals surface area contributed by atoms with Gasteiger partial charge in [-0.2, -0.15) is 0 Å². The van der Waals surface area contributed by atoms with E-state index in [0.717, 1.165) is 23.7 Å². The second kappa shape index (κ2) is 8.85. The summed E-state index contributed by atoms with van der Waals surface area (Å²) in [5, 5.41) is 3.01. The van der Waals surface area contributed by atoms with Crippen LogP contribution in [-0.4, -0.2) is 11.8 Å². The minimum absolute atomic E-state index is 0.0753. The van der Waals surface area contributed by atoms with Gasteiger partial charge in [-0.15, -0.1) is 0 Å². The molecule has 2 aromatic rings. The lowest BCUT2D eigenvalue weighted by molar-refractivity contribution is -0.116. The number of rotatable bonds is 7. The van der Waals surface area contributed by atoms with Crippen molar-refractivity contribution in [2.75, 3.05) is 5.32 Å². The molecule has 24 heavy (non-hydrogen) atoms. The maximum Gasteiger partial charge on any atom is 0.250 e. The summed E-state index contributed by atoms with van der Waals surface area (Å²) in [6, 6.07) is 12.8. The van der Waals surface area contributed by atoms with E-state index >= 15 is 0 Å². The van der Waals surface area contributed by atoms with Crippen molar-refractivity contribution in [2.24, 2.45) is 5.73 Å². The molecule has 0 bridgehead atoms. The SMILES string of the molecule is NC(=O)c1ccc(NC(=O)CCCCc2ccc(Br)cc2)cc1Cl. The highest BCUT2D eigenvalue weighted by atomic mass is 79.9. The average Bonchev–Trinajstić information content (AvgIpc) is 2.53. The molecular weight excluding hydrogens is 392 g/mol. The first-order valence-electron chi connectivity index (χ1n) is 7.59. The Labute approximate surface area is 154 Å². The summed E-state index contributed by atoms with van der Waals surface area (Å²) in [5.41, 5.74) is 7.24. The fraction of sp³-hybridized carbons (Fsp3) is 0.222. The van der Waals surface area contributed by atoms with Crippen LogP contribution in [-0.2, 0) is 11.2 Å². The van der Waals surface area contributed by atoms with E-state index in [1.165, 1.54) is 17.7 Å². The molecule has 126 valence electrons. The monoisotopic (exact) mass is 408 g/mol. The van der Waals surface area contributed by atoms with E-state index in [4.69, 9.17) is 17.3 Å². The fourth-order valence-electron chi connectivity index (χ4n) is 2.28. The molecule has 0 aliphatic carbocycles. The van der Waals surface area contributed by atoms with E-state index in [-0.39, 0.29) is 16.5 Å². The quantitative estimate of drug-likeness (QED) is 0.658. The van der Waals surface area contributed by atoms with Gasteiger partial charge in [0.25, 0.3) is 0 Å². The third-order valence-corrected chi connectivity index (χ3v) is 4.39. The second-order valence-corrected chi connectivity index (χ2v) is 6.76. The minimum Gasteiger partial charge on any atom is -0.366 e. The molecule has 6 heteroatoms. The van der Waals surface area contributed by atoms with Crippen molar-refractivity contribution in [3.8, 4) is 0 Å². The largest absolute Gasteiger partial charge is 0.366 e. The van der Waals surface area contributed by atoms with E-state index in [0.29, 0.717) is 12.1 Å². The van der Waals surface area contributed by atoms with Crippen LogP contribution < -0.4 is 11.1 Å². The lowest BCUT2D eigenvalue weighted by atomic mass is 10.1. The number of amides is 2. The molecule has 0 aliphatic heterocycles. The van der Waals surface area contributed by atoms with Gasteiger partial charge < -0.3 is 11.1 Å². The van der Waals surface area contributed by atoms with Gasteiger partial charge in [-0.25, -0.2) is 0 Å². The number of unbranched alkanes of at least 4 members (excludes halogenated alkanes) is 1. The van der Waals surface area contributed by atoms with Gasteiger partial charge in [-0.3, -0.25) is 9.59 Å². The number of primary amides is 1. The van der Waals surface area contributed by atoms with Crippen LogP contribution in [0.1, 0.15) is 35.2 Å². The number of aryl methyl sites for hydroxylation is 1. The highest BCUT2D eigenvalue weighted by Gasteiger charge is 2.09. The zero-order valence-corrected chi connectivity index (χ0v) is 15.4. The van der Waals surface area contributed by atoms with Crippen molar-refractivity contribution < 1.29 is 9.59 Å². The van der Waals surface area contributed by atoms with E-state index in [1.54, 1.807) is 6.07 Å². The van der Waals surface area contributed by atoms with Gasteiger partial charge in [-0.05, 0) is 55.2 Å². The molecule has 3 N–H and O–H groups in total. The molecule has 0 saturated heterocycles. The molecule has 0 heterocycles. The first-order chi connectivity index (χ1) is 11.5. The zero-order chi connectivity index (χ0) is 17.5. The molecule has 2 rings (SSSR count). The Morgan fingerprint density at radius 3 is 2.42 bits per heavy atom. The van der Waals surface area contributed by atoms with E-state index in [1.807, 2.05) is 12.1 Å². The minimum atomic E-state index is -0.592. The Kier molecular flexibility index (Phi) is 6.82. The first kappa shape index (κ1) is 18.5. The van der Waals surface area contributed by atoms with Crippen molar-refractivity contribution in [1.82, 2.24) is 0 Å². The van der Waals surface area contributed by atoms with Crippen LogP contribution in [0.3, 0.4) is 0 Å². The average molecular weight is 410 g/mol. The van der Waals surface area contributed by atoms with Crippen molar-refractivity contribution in [3.05, 3.63) is 63.1 Å². The number of nitrogens with one attached hydrogen (secondary N) is 1. The highest BCUT2D eigenvalue weighted by Crippen LogP contribution is 2.21. The van der Waals surface area contributed by atoms with Crippen LogP contribution in [0.4, 0.5) is 5.69 Å². The third-order valence-electron chi connectivity index (χ3n) is 3.55. The fourth-order valence-corrected chi connectivity index (χ4v) is 2.82. The molecule has 0 atom stereocenters. The van der Waals surface area contributed by atoms with Crippen molar-refractivity contribution in [3.63, 3.8) is 0 Å². The molecular formula is C18H18BrClN2O2. The Balaban J connectivity index is 1.76. The number of halogens is 2. The second-order valence-electron chi connectivity index (χ2n) is 5.44. The number of carbonyl (C=O) groups excluding carboxylic acids is 2. The van der Waals surface area contributed by atoms with Crippen molar-refractivity contribution in [2.45, 2.75) is 25.7 Å². The van der Waals surface area contributed by atoms with Crippen LogP contribution in [0.15, 0.2) is 46.9 Å². The normalized spacial score (nSPS) is 10.4. The van der Waals surface area contributed by atoms with Gasteiger partial charge in [0.05, 0.1) is 10.6 Å². The Hall–Kier alpha value is -1.85. The summed E-state index contributed by atoms with van der Waals surface area (Å²) in [6.45, 7) is 0. The Morgan fingerprint density at radius 1 is 1.08 bits per heavy atom. The van der Waals surface area contributed by atoms with Crippen LogP contribution in [0.5, 0.6) is 0 Å². The van der Waals surface area contributed by atoms with Crippen molar-refractivity contribution >= 4 is 45.0 Å². The summed E-state index contributed by atoms with van der Waals surface area (Å²) in [6.07, 6.45) is 3.12. The number of carbonyl (C=O) groups is 2. The van der Waals surface area contributed by atoms with Crippen LogP contribution >= 0.6 is 27.5 Å². The summed E-state index contributed by atoms with van der Waals surface area (Å²) in [7, 11) is 0. The molecule has 0 aliphatic rings. The molecule has 0 saturated carbocycles. The molecule has 0 fully saturated rings. The molecule has 4 nitrogen and oxygen atoms in total. The molecule has 2 amide bonds. The lowest BCUT2D eigenvalue weighted by Gasteiger charge is -2.07. The number of hydrogen-bond acceptors (Lipinski definition) is 2. The number of benzene rings is 2. The standard InChI is InChI=1S/C18H18BrClN2O2/c19-13-7-5-12(6-8-13)3-1-2-4-17(23)22-14-9-10-15(18(21)24)16(20)11-14/h5-11H,1-4H2,(H2,21,24)(H,22,23). The zero-order valence-electron chi connectivity index (χ0n) is 13.0. The Bertz CT molecular complexity index is 732. The van der Waals surface area contributed by atoms with Gasteiger partial charge in [0, 0.05) is 16.6 Å².